The van der Waals surface area contributed by atoms with Crippen LogP contribution in [-0.4, -0.2) is 0 Å². The second kappa shape index (κ2) is 3.48. The minimum absolute atomic E-state index is 0.453. The monoisotopic (exact) mass is 180 g/mol. The lowest BCUT2D eigenvalue weighted by molar-refractivity contribution is 0.200. The highest BCUT2D eigenvalue weighted by atomic mass is 14.4. The van der Waals surface area contributed by atoms with Gasteiger partial charge in [-0.25, -0.2) is 0 Å². The third-order valence-corrected chi connectivity index (χ3v) is 4.23. The second-order valence-corrected chi connectivity index (χ2v) is 5.50. The Kier molecular flexibility index (Phi) is 2.89. The Morgan fingerprint density at radius 3 is 2.08 bits per heavy atom. The molecule has 0 radical (unpaired) electrons. The average Bonchev–Trinajstić information content (AvgIpc) is 2.11. The third kappa shape index (κ3) is 2.15. The molecule has 76 valence electrons. The van der Waals surface area contributed by atoms with Crippen LogP contribution in [0.25, 0.3) is 0 Å². The quantitative estimate of drug-likeness (QED) is 0.552. The van der Waals surface area contributed by atoms with Crippen molar-refractivity contribution in [3.63, 3.8) is 0 Å². The standard InChI is InChI=1S/C13H24/c1-6-12(4)7-9-13(5,10-8-12)11(2)3/h7,9,11H,6,8,10H2,1-5H3. The van der Waals surface area contributed by atoms with Crippen LogP contribution in [0.15, 0.2) is 12.2 Å². The van der Waals surface area contributed by atoms with E-state index in [0.29, 0.717) is 10.8 Å². The molecule has 1 rings (SSSR count). The van der Waals surface area contributed by atoms with Crippen LogP contribution in [0.4, 0.5) is 0 Å². The van der Waals surface area contributed by atoms with E-state index in [1.54, 1.807) is 0 Å². The van der Waals surface area contributed by atoms with Crippen LogP contribution in [0.2, 0.25) is 0 Å². The van der Waals surface area contributed by atoms with Crippen LogP contribution in [0.5, 0.6) is 0 Å². The van der Waals surface area contributed by atoms with Crippen molar-refractivity contribution in [1.82, 2.24) is 0 Å². The van der Waals surface area contributed by atoms with Gasteiger partial charge in [0.1, 0.15) is 0 Å². The molecule has 0 amide bonds. The summed E-state index contributed by atoms with van der Waals surface area (Å²) in [5.74, 6) is 0.769. The van der Waals surface area contributed by atoms with E-state index in [4.69, 9.17) is 0 Å². The highest BCUT2D eigenvalue weighted by molar-refractivity contribution is 5.10. The molecule has 13 heavy (non-hydrogen) atoms. The summed E-state index contributed by atoms with van der Waals surface area (Å²) >= 11 is 0. The topological polar surface area (TPSA) is 0 Å². The van der Waals surface area contributed by atoms with Gasteiger partial charge in [-0.1, -0.05) is 46.8 Å². The van der Waals surface area contributed by atoms with Crippen molar-refractivity contribution in [1.29, 1.82) is 0 Å². The van der Waals surface area contributed by atoms with Gasteiger partial charge in [0.15, 0.2) is 0 Å². The zero-order chi connectivity index (χ0) is 10.1. The Morgan fingerprint density at radius 1 is 1.15 bits per heavy atom. The number of hydrogen-bond donors (Lipinski definition) is 0. The maximum atomic E-state index is 2.46. The van der Waals surface area contributed by atoms with Crippen LogP contribution in [-0.2, 0) is 0 Å². The molecule has 0 saturated carbocycles. The summed E-state index contributed by atoms with van der Waals surface area (Å²) in [4.78, 5) is 0. The third-order valence-electron chi connectivity index (χ3n) is 4.23. The van der Waals surface area contributed by atoms with Crippen LogP contribution in [0.1, 0.15) is 53.9 Å². The van der Waals surface area contributed by atoms with Gasteiger partial charge in [0.2, 0.25) is 0 Å². The minimum Gasteiger partial charge on any atom is -0.0820 e. The second-order valence-electron chi connectivity index (χ2n) is 5.50. The fraction of sp³-hybridized carbons (Fsp3) is 0.846. The highest BCUT2D eigenvalue weighted by Crippen LogP contribution is 2.44. The lowest BCUT2D eigenvalue weighted by atomic mass is 9.65. The van der Waals surface area contributed by atoms with Crippen LogP contribution in [0, 0.1) is 16.7 Å². The molecule has 0 heterocycles. The summed E-state index contributed by atoms with van der Waals surface area (Å²) in [6.45, 7) is 11.7. The van der Waals surface area contributed by atoms with Gasteiger partial charge in [-0.05, 0) is 36.0 Å². The SMILES string of the molecule is CCC1(C)C=CC(C)(C(C)C)CC1. The maximum absolute atomic E-state index is 2.46. The first kappa shape index (κ1) is 10.8. The first-order valence-corrected chi connectivity index (χ1v) is 5.62. The van der Waals surface area contributed by atoms with Crippen molar-refractivity contribution in [2.75, 3.05) is 0 Å². The van der Waals surface area contributed by atoms with Crippen molar-refractivity contribution >= 4 is 0 Å². The molecule has 2 unspecified atom stereocenters. The molecule has 2 atom stereocenters. The molecule has 1 aliphatic rings. The van der Waals surface area contributed by atoms with Gasteiger partial charge in [-0.2, -0.15) is 0 Å². The molecule has 0 aromatic rings. The first-order valence-electron chi connectivity index (χ1n) is 5.62. The van der Waals surface area contributed by atoms with Gasteiger partial charge in [0, 0.05) is 0 Å². The molecule has 0 bridgehead atoms. The molecule has 0 spiro atoms. The molecule has 0 heteroatoms. The van der Waals surface area contributed by atoms with E-state index in [9.17, 15) is 0 Å². The van der Waals surface area contributed by atoms with Gasteiger partial charge in [0.25, 0.3) is 0 Å². The van der Waals surface area contributed by atoms with Gasteiger partial charge < -0.3 is 0 Å². The van der Waals surface area contributed by atoms with Gasteiger partial charge in [0.05, 0.1) is 0 Å². The lowest BCUT2D eigenvalue weighted by Gasteiger charge is -2.40. The Morgan fingerprint density at radius 2 is 1.77 bits per heavy atom. The molecule has 0 nitrogen and oxygen atoms in total. The summed E-state index contributed by atoms with van der Waals surface area (Å²) < 4.78 is 0. The zero-order valence-electron chi connectivity index (χ0n) is 9.85. The van der Waals surface area contributed by atoms with E-state index in [2.05, 4.69) is 46.8 Å². The van der Waals surface area contributed by atoms with Crippen LogP contribution >= 0.6 is 0 Å². The summed E-state index contributed by atoms with van der Waals surface area (Å²) in [5.41, 5.74) is 0.934. The molecule has 0 fully saturated rings. The van der Waals surface area contributed by atoms with E-state index in [-0.39, 0.29) is 0 Å². The fourth-order valence-electron chi connectivity index (χ4n) is 1.89. The van der Waals surface area contributed by atoms with Crippen molar-refractivity contribution in [3.8, 4) is 0 Å². The van der Waals surface area contributed by atoms with Crippen molar-refractivity contribution < 1.29 is 0 Å². The predicted octanol–water partition coefficient (Wildman–Crippen LogP) is 4.42. The summed E-state index contributed by atoms with van der Waals surface area (Å²) in [6.07, 6.45) is 8.90. The summed E-state index contributed by atoms with van der Waals surface area (Å²) in [7, 11) is 0. The molecule has 0 saturated heterocycles. The fourth-order valence-corrected chi connectivity index (χ4v) is 1.89. The Labute approximate surface area is 83.4 Å². The van der Waals surface area contributed by atoms with Gasteiger partial charge in [-0.3, -0.25) is 0 Å². The largest absolute Gasteiger partial charge is 0.0820 e. The van der Waals surface area contributed by atoms with Crippen molar-refractivity contribution in [3.05, 3.63) is 12.2 Å². The number of allylic oxidation sites excluding steroid dienone is 2. The maximum Gasteiger partial charge on any atom is -0.0123 e. The smallest absolute Gasteiger partial charge is 0.0123 e. The highest BCUT2D eigenvalue weighted by Gasteiger charge is 2.33. The van der Waals surface area contributed by atoms with E-state index >= 15 is 0 Å². The average molecular weight is 180 g/mol. The van der Waals surface area contributed by atoms with E-state index in [0.717, 1.165) is 5.92 Å². The Bertz CT molecular complexity index is 202. The van der Waals surface area contributed by atoms with Crippen LogP contribution in [0.3, 0.4) is 0 Å². The molecule has 0 aliphatic heterocycles. The summed E-state index contributed by atoms with van der Waals surface area (Å²) in [6, 6.07) is 0. The Balaban J connectivity index is 2.77. The molecular weight excluding hydrogens is 156 g/mol. The van der Waals surface area contributed by atoms with Gasteiger partial charge in [-0.15, -0.1) is 0 Å². The normalized spacial score (nSPS) is 39.8. The van der Waals surface area contributed by atoms with E-state index in [1.165, 1.54) is 19.3 Å². The molecular formula is C13H24. The van der Waals surface area contributed by atoms with E-state index < -0.39 is 0 Å². The summed E-state index contributed by atoms with van der Waals surface area (Å²) in [5, 5.41) is 0. The molecule has 0 N–H and O–H groups in total. The molecule has 0 aromatic carbocycles. The molecule has 0 aromatic heterocycles. The first-order chi connectivity index (χ1) is 5.92. The molecule has 1 aliphatic carbocycles. The lowest BCUT2D eigenvalue weighted by Crippen LogP contribution is -2.29. The minimum atomic E-state index is 0.453. The number of hydrogen-bond acceptors (Lipinski definition) is 0. The Hall–Kier alpha value is -0.260. The van der Waals surface area contributed by atoms with Crippen LogP contribution < -0.4 is 0 Å². The van der Waals surface area contributed by atoms with E-state index in [1.807, 2.05) is 0 Å². The van der Waals surface area contributed by atoms with Gasteiger partial charge >= 0.3 is 0 Å². The van der Waals surface area contributed by atoms with Crippen molar-refractivity contribution in [2.45, 2.75) is 53.9 Å². The van der Waals surface area contributed by atoms with Crippen molar-refractivity contribution in [2.24, 2.45) is 16.7 Å². The number of rotatable bonds is 2. The zero-order valence-corrected chi connectivity index (χ0v) is 9.85. The predicted molar refractivity (Wildman–Crippen MR) is 59.7 cm³/mol.